The van der Waals surface area contributed by atoms with E-state index in [2.05, 4.69) is 129 Å². The second-order valence-corrected chi connectivity index (χ2v) is 15.1. The minimum absolute atomic E-state index is 0.0902. The largest absolute Gasteiger partial charge is 0.394 e. The molecule has 0 fully saturated rings. The molecule has 2 atom stereocenters. The van der Waals surface area contributed by atoms with Crippen molar-refractivity contribution in [2.45, 2.75) is 199 Å². The number of carbonyl (C=O) groups is 1. The molecule has 0 saturated heterocycles. The summed E-state index contributed by atoms with van der Waals surface area (Å²) in [5.74, 6) is -0.0902. The molecule has 4 heteroatoms. The summed E-state index contributed by atoms with van der Waals surface area (Å²) < 4.78 is 0. The van der Waals surface area contributed by atoms with Gasteiger partial charge in [0.05, 0.1) is 18.8 Å². The molecule has 1 amide bonds. The molecule has 0 radical (unpaired) electrons. The Morgan fingerprint density at radius 3 is 1.23 bits per heavy atom. The smallest absolute Gasteiger partial charge is 0.220 e. The van der Waals surface area contributed by atoms with E-state index >= 15 is 0 Å². The molecule has 0 heterocycles. The van der Waals surface area contributed by atoms with E-state index in [1.807, 2.05) is 6.08 Å². The molecule has 0 aliphatic heterocycles. The van der Waals surface area contributed by atoms with Gasteiger partial charge in [0, 0.05) is 6.42 Å². The number of hydrogen-bond donors (Lipinski definition) is 3. The molecule has 322 valence electrons. The highest BCUT2D eigenvalue weighted by Gasteiger charge is 2.17. The minimum Gasteiger partial charge on any atom is -0.394 e. The SMILES string of the molecule is CC/C=C\C/C=C\C/C=C\C/C=C\C/C=C\C/C=C\C/C=C\C/C=C\CCCCCCCCCCC(=O)NC(CO)C(O)/C=C/CC/C=C/CCCCCCCC. The molecular formula is C53H87NO3. The summed E-state index contributed by atoms with van der Waals surface area (Å²) in [6, 6.07) is -0.651. The number of nitrogens with one attached hydrogen (secondary N) is 1. The topological polar surface area (TPSA) is 69.6 Å². The lowest BCUT2D eigenvalue weighted by Crippen LogP contribution is -2.45. The zero-order chi connectivity index (χ0) is 41.4. The monoisotopic (exact) mass is 786 g/mol. The van der Waals surface area contributed by atoms with Gasteiger partial charge in [-0.25, -0.2) is 0 Å². The van der Waals surface area contributed by atoms with Crippen molar-refractivity contribution in [3.63, 3.8) is 0 Å². The summed E-state index contributed by atoms with van der Waals surface area (Å²) in [5, 5.41) is 22.9. The van der Waals surface area contributed by atoms with E-state index < -0.39 is 12.1 Å². The Morgan fingerprint density at radius 1 is 0.439 bits per heavy atom. The van der Waals surface area contributed by atoms with E-state index in [0.29, 0.717) is 6.42 Å². The van der Waals surface area contributed by atoms with Crippen LogP contribution in [0, 0.1) is 0 Å². The first kappa shape index (κ1) is 53.8. The van der Waals surface area contributed by atoms with E-state index in [0.717, 1.165) is 96.3 Å². The maximum atomic E-state index is 12.4. The van der Waals surface area contributed by atoms with Gasteiger partial charge < -0.3 is 15.5 Å². The fraction of sp³-hybridized carbons (Fsp3) is 0.604. The Hall–Kier alpha value is -3.21. The number of unbranched alkanes of at least 4 members (excludes halogenated alkanes) is 15. The normalized spacial score (nSPS) is 14.1. The molecule has 0 spiro atoms. The summed E-state index contributed by atoms with van der Waals surface area (Å²) in [6.45, 7) is 4.14. The third-order valence-corrected chi connectivity index (χ3v) is 9.68. The Morgan fingerprint density at radius 2 is 0.789 bits per heavy atom. The molecule has 0 bridgehead atoms. The first-order valence-corrected chi connectivity index (χ1v) is 23.2. The highest BCUT2D eigenvalue weighted by atomic mass is 16.3. The van der Waals surface area contributed by atoms with Crippen molar-refractivity contribution < 1.29 is 15.0 Å². The zero-order valence-corrected chi connectivity index (χ0v) is 36.8. The Balaban J connectivity index is 3.67. The van der Waals surface area contributed by atoms with Crippen LogP contribution >= 0.6 is 0 Å². The fourth-order valence-corrected chi connectivity index (χ4v) is 6.15. The van der Waals surface area contributed by atoms with Gasteiger partial charge in [-0.2, -0.15) is 0 Å². The van der Waals surface area contributed by atoms with Crippen molar-refractivity contribution in [2.24, 2.45) is 0 Å². The van der Waals surface area contributed by atoms with Gasteiger partial charge in [0.25, 0.3) is 0 Å². The summed E-state index contributed by atoms with van der Waals surface area (Å²) in [6.07, 6.45) is 73.1. The molecule has 0 aliphatic rings. The van der Waals surface area contributed by atoms with Crippen molar-refractivity contribution in [1.29, 1.82) is 0 Å². The molecule has 0 saturated carbocycles. The maximum Gasteiger partial charge on any atom is 0.220 e. The van der Waals surface area contributed by atoms with Crippen molar-refractivity contribution in [3.8, 4) is 0 Å². The van der Waals surface area contributed by atoms with Crippen molar-refractivity contribution in [2.75, 3.05) is 6.61 Å². The fourth-order valence-electron chi connectivity index (χ4n) is 6.15. The van der Waals surface area contributed by atoms with E-state index in [9.17, 15) is 15.0 Å². The lowest BCUT2D eigenvalue weighted by atomic mass is 10.1. The maximum absolute atomic E-state index is 12.4. The number of carbonyl (C=O) groups excluding carboxylic acids is 1. The quantitative estimate of drug-likeness (QED) is 0.0428. The summed E-state index contributed by atoms with van der Waals surface area (Å²) >= 11 is 0. The van der Waals surface area contributed by atoms with Crippen LogP contribution in [0.4, 0.5) is 0 Å². The summed E-state index contributed by atoms with van der Waals surface area (Å²) in [5.41, 5.74) is 0. The number of rotatable bonds is 40. The van der Waals surface area contributed by atoms with Gasteiger partial charge in [-0.1, -0.05) is 206 Å². The van der Waals surface area contributed by atoms with Crippen LogP contribution in [-0.4, -0.2) is 34.9 Å². The van der Waals surface area contributed by atoms with Gasteiger partial charge in [0.2, 0.25) is 5.91 Å². The van der Waals surface area contributed by atoms with Gasteiger partial charge in [0.15, 0.2) is 0 Å². The van der Waals surface area contributed by atoms with Crippen LogP contribution in [0.15, 0.2) is 122 Å². The molecule has 0 aliphatic carbocycles. The molecule has 0 aromatic heterocycles. The molecular weight excluding hydrogens is 699 g/mol. The molecule has 4 nitrogen and oxygen atoms in total. The van der Waals surface area contributed by atoms with Gasteiger partial charge in [-0.05, 0) is 96.3 Å². The molecule has 2 unspecified atom stereocenters. The average molecular weight is 786 g/mol. The van der Waals surface area contributed by atoms with Crippen LogP contribution in [0.5, 0.6) is 0 Å². The third kappa shape index (κ3) is 43.8. The number of aliphatic hydroxyl groups excluding tert-OH is 2. The van der Waals surface area contributed by atoms with E-state index in [1.165, 1.54) is 70.6 Å². The van der Waals surface area contributed by atoms with Gasteiger partial charge in [-0.15, -0.1) is 0 Å². The zero-order valence-electron chi connectivity index (χ0n) is 36.8. The Labute approximate surface area is 352 Å². The second-order valence-electron chi connectivity index (χ2n) is 15.1. The van der Waals surface area contributed by atoms with E-state index in [4.69, 9.17) is 0 Å². The highest BCUT2D eigenvalue weighted by Crippen LogP contribution is 2.12. The molecule has 57 heavy (non-hydrogen) atoms. The third-order valence-electron chi connectivity index (χ3n) is 9.68. The van der Waals surface area contributed by atoms with Crippen LogP contribution in [-0.2, 0) is 4.79 Å². The van der Waals surface area contributed by atoms with Crippen molar-refractivity contribution in [1.82, 2.24) is 5.32 Å². The molecule has 3 N–H and O–H groups in total. The summed E-state index contributed by atoms with van der Waals surface area (Å²) in [7, 11) is 0. The highest BCUT2D eigenvalue weighted by molar-refractivity contribution is 5.76. The standard InChI is InChI=1S/C53H87NO3/c1-3-5-7-9-11-13-15-17-18-19-20-21-22-23-24-25-26-27-28-29-30-31-32-33-34-35-36-37-39-41-43-45-47-49-53(57)54-51(50-55)52(56)48-46-44-42-40-38-16-14-12-10-8-6-4-2/h5,7,11,13,17-18,20-21,23-24,26-27,29-30,32-33,38,40,46,48,51-52,55-56H,3-4,6,8-10,12,14-16,19,22,25,28,31,34-37,39,41-45,47,49-50H2,1-2H3,(H,54,57)/b7-5-,13-11-,18-17-,21-20-,24-23-,27-26-,30-29-,33-32-,40-38+,48-46+. The minimum atomic E-state index is -0.872. The van der Waals surface area contributed by atoms with E-state index in [-0.39, 0.29) is 12.5 Å². The average Bonchev–Trinajstić information content (AvgIpc) is 3.22. The van der Waals surface area contributed by atoms with E-state index in [1.54, 1.807) is 6.08 Å². The first-order valence-electron chi connectivity index (χ1n) is 23.2. The number of allylic oxidation sites excluding steroid dienone is 19. The lowest BCUT2D eigenvalue weighted by molar-refractivity contribution is -0.123. The van der Waals surface area contributed by atoms with Crippen LogP contribution in [0.25, 0.3) is 0 Å². The van der Waals surface area contributed by atoms with Gasteiger partial charge in [-0.3, -0.25) is 4.79 Å². The van der Waals surface area contributed by atoms with Crippen molar-refractivity contribution in [3.05, 3.63) is 122 Å². The van der Waals surface area contributed by atoms with Crippen LogP contribution in [0.2, 0.25) is 0 Å². The van der Waals surface area contributed by atoms with Crippen LogP contribution in [0.1, 0.15) is 187 Å². The predicted octanol–water partition coefficient (Wildman–Crippen LogP) is 15.0. The predicted molar refractivity (Wildman–Crippen MR) is 252 cm³/mol. The van der Waals surface area contributed by atoms with Gasteiger partial charge >= 0.3 is 0 Å². The Bertz CT molecular complexity index is 1160. The number of aliphatic hydroxyl groups is 2. The number of hydrogen-bond acceptors (Lipinski definition) is 3. The van der Waals surface area contributed by atoms with Gasteiger partial charge in [0.1, 0.15) is 0 Å². The second kappa shape index (κ2) is 47.2. The molecule has 0 aromatic rings. The van der Waals surface area contributed by atoms with Crippen LogP contribution in [0.3, 0.4) is 0 Å². The lowest BCUT2D eigenvalue weighted by Gasteiger charge is -2.19. The van der Waals surface area contributed by atoms with Crippen molar-refractivity contribution >= 4 is 5.91 Å². The van der Waals surface area contributed by atoms with Crippen LogP contribution < -0.4 is 5.32 Å². The Kier molecular flexibility index (Phi) is 44.5. The summed E-state index contributed by atoms with van der Waals surface area (Å²) in [4.78, 5) is 12.4. The number of amides is 1. The molecule has 0 rings (SSSR count). The molecule has 0 aromatic carbocycles. The first-order chi connectivity index (χ1) is 28.2.